The molecule has 0 aliphatic rings. The highest BCUT2D eigenvalue weighted by Crippen LogP contribution is 2.31. The fraction of sp³-hybridized carbons (Fsp3) is 0.385. The first-order valence-electron chi connectivity index (χ1n) is 6.42. The smallest absolute Gasteiger partial charge is 0.208 e. The van der Waals surface area contributed by atoms with Gasteiger partial charge in [-0.2, -0.15) is 0 Å². The maximum atomic E-state index is 11.0. The molecule has 116 valence electrons. The van der Waals surface area contributed by atoms with E-state index in [9.17, 15) is 8.42 Å². The predicted octanol–water partition coefficient (Wildman–Crippen LogP) is 2.61. The first-order chi connectivity index (χ1) is 9.96. The summed E-state index contributed by atoms with van der Waals surface area (Å²) in [4.78, 5) is 1.06. The van der Waals surface area contributed by atoms with Gasteiger partial charge < -0.3 is 9.73 Å². The van der Waals surface area contributed by atoms with Crippen LogP contribution in [0.3, 0.4) is 0 Å². The standard InChI is InChI=1S/C13H17ClN2O3S2/c1-21(17,18)16-8-3-7-15-13(10-4-2-9-19-10)11-5-6-12(14)20-11/h2,4-6,9,13,15-16H,3,7-8H2,1H3. The van der Waals surface area contributed by atoms with Gasteiger partial charge in [0.05, 0.1) is 16.9 Å². The van der Waals surface area contributed by atoms with Gasteiger partial charge in [-0.3, -0.25) is 0 Å². The molecule has 1 atom stereocenters. The van der Waals surface area contributed by atoms with Crippen LogP contribution in [0.5, 0.6) is 0 Å². The highest BCUT2D eigenvalue weighted by Gasteiger charge is 2.18. The number of nitrogens with one attached hydrogen (secondary N) is 2. The van der Waals surface area contributed by atoms with Gasteiger partial charge in [0.2, 0.25) is 10.0 Å². The Morgan fingerprint density at radius 1 is 1.33 bits per heavy atom. The van der Waals surface area contributed by atoms with Gasteiger partial charge in [-0.15, -0.1) is 11.3 Å². The molecule has 2 rings (SSSR count). The Labute approximate surface area is 133 Å². The summed E-state index contributed by atoms with van der Waals surface area (Å²) in [7, 11) is -3.13. The Balaban J connectivity index is 1.92. The summed E-state index contributed by atoms with van der Waals surface area (Å²) in [5, 5.41) is 3.36. The quantitative estimate of drug-likeness (QED) is 0.719. The molecular formula is C13H17ClN2O3S2. The molecule has 0 saturated heterocycles. The van der Waals surface area contributed by atoms with E-state index in [0.717, 1.165) is 21.2 Å². The number of halogens is 1. The Bertz CT molecular complexity index is 653. The van der Waals surface area contributed by atoms with Gasteiger partial charge >= 0.3 is 0 Å². The van der Waals surface area contributed by atoms with E-state index in [1.54, 1.807) is 6.26 Å². The zero-order valence-corrected chi connectivity index (χ0v) is 13.9. The topological polar surface area (TPSA) is 71.3 Å². The van der Waals surface area contributed by atoms with Crippen molar-refractivity contribution in [3.8, 4) is 0 Å². The van der Waals surface area contributed by atoms with Crippen LogP contribution >= 0.6 is 22.9 Å². The van der Waals surface area contributed by atoms with Gasteiger partial charge in [-0.1, -0.05) is 11.6 Å². The minimum absolute atomic E-state index is 0.0734. The second kappa shape index (κ2) is 7.42. The van der Waals surface area contributed by atoms with E-state index >= 15 is 0 Å². The number of furan rings is 1. The third kappa shape index (κ3) is 5.44. The van der Waals surface area contributed by atoms with Gasteiger partial charge in [-0.05, 0) is 37.2 Å². The molecule has 0 bridgehead atoms. The molecule has 0 aromatic carbocycles. The molecule has 0 radical (unpaired) electrons. The lowest BCUT2D eigenvalue weighted by Gasteiger charge is -2.15. The lowest BCUT2D eigenvalue weighted by molar-refractivity contribution is 0.447. The Morgan fingerprint density at radius 3 is 2.71 bits per heavy atom. The molecule has 2 N–H and O–H groups in total. The molecule has 0 fully saturated rings. The van der Waals surface area contributed by atoms with E-state index in [-0.39, 0.29) is 6.04 Å². The Hall–Kier alpha value is -0.860. The van der Waals surface area contributed by atoms with Crippen LogP contribution in [-0.4, -0.2) is 27.8 Å². The second-order valence-electron chi connectivity index (χ2n) is 4.56. The maximum absolute atomic E-state index is 11.0. The van der Waals surface area contributed by atoms with Crippen LogP contribution in [0.15, 0.2) is 34.9 Å². The van der Waals surface area contributed by atoms with Crippen molar-refractivity contribution in [2.75, 3.05) is 19.3 Å². The van der Waals surface area contributed by atoms with Crippen LogP contribution in [0.2, 0.25) is 4.34 Å². The summed E-state index contributed by atoms with van der Waals surface area (Å²) >= 11 is 7.48. The first kappa shape index (κ1) is 16.5. The largest absolute Gasteiger partial charge is 0.467 e. The lowest BCUT2D eigenvalue weighted by atomic mass is 10.2. The van der Waals surface area contributed by atoms with E-state index < -0.39 is 10.0 Å². The van der Waals surface area contributed by atoms with Gasteiger partial charge in [0, 0.05) is 11.4 Å². The van der Waals surface area contributed by atoms with Gasteiger partial charge in [0.1, 0.15) is 11.8 Å². The fourth-order valence-electron chi connectivity index (χ4n) is 1.87. The van der Waals surface area contributed by atoms with Crippen molar-refractivity contribution in [3.05, 3.63) is 45.5 Å². The van der Waals surface area contributed by atoms with Crippen LogP contribution in [0, 0.1) is 0 Å². The molecule has 21 heavy (non-hydrogen) atoms. The molecule has 8 heteroatoms. The van der Waals surface area contributed by atoms with Crippen LogP contribution < -0.4 is 10.0 Å². The van der Waals surface area contributed by atoms with Crippen molar-refractivity contribution < 1.29 is 12.8 Å². The first-order valence-corrected chi connectivity index (χ1v) is 9.51. The molecule has 1 unspecified atom stereocenters. The molecule has 0 aliphatic carbocycles. The molecule has 2 heterocycles. The fourth-order valence-corrected chi connectivity index (χ4v) is 3.53. The average Bonchev–Trinajstić information content (AvgIpc) is 3.04. The molecular weight excluding hydrogens is 332 g/mol. The highest BCUT2D eigenvalue weighted by molar-refractivity contribution is 7.88. The Kier molecular flexibility index (Phi) is 5.83. The minimum Gasteiger partial charge on any atom is -0.467 e. The predicted molar refractivity (Wildman–Crippen MR) is 85.3 cm³/mol. The lowest BCUT2D eigenvalue weighted by Crippen LogP contribution is -2.28. The highest BCUT2D eigenvalue weighted by atomic mass is 35.5. The molecule has 0 amide bonds. The van der Waals surface area contributed by atoms with Crippen molar-refractivity contribution in [1.29, 1.82) is 0 Å². The van der Waals surface area contributed by atoms with Crippen LogP contribution in [0.1, 0.15) is 23.1 Å². The van der Waals surface area contributed by atoms with E-state index in [4.69, 9.17) is 16.0 Å². The van der Waals surface area contributed by atoms with Crippen molar-refractivity contribution in [3.63, 3.8) is 0 Å². The molecule has 0 spiro atoms. The molecule has 5 nitrogen and oxygen atoms in total. The number of rotatable bonds is 8. The summed E-state index contributed by atoms with van der Waals surface area (Å²) in [5.41, 5.74) is 0. The molecule has 0 saturated carbocycles. The number of hydrogen-bond donors (Lipinski definition) is 2. The SMILES string of the molecule is CS(=O)(=O)NCCCNC(c1ccco1)c1ccc(Cl)s1. The summed E-state index contributed by atoms with van der Waals surface area (Å²) in [6, 6.07) is 7.48. The number of sulfonamides is 1. The Morgan fingerprint density at radius 2 is 2.14 bits per heavy atom. The average molecular weight is 349 g/mol. The zero-order chi connectivity index (χ0) is 15.3. The van der Waals surface area contributed by atoms with Crippen molar-refractivity contribution in [2.45, 2.75) is 12.5 Å². The summed E-state index contributed by atoms with van der Waals surface area (Å²) < 4.78 is 30.6. The second-order valence-corrected chi connectivity index (χ2v) is 8.14. The van der Waals surface area contributed by atoms with Crippen molar-refractivity contribution >= 4 is 33.0 Å². The van der Waals surface area contributed by atoms with E-state index in [1.807, 2.05) is 24.3 Å². The van der Waals surface area contributed by atoms with Crippen molar-refractivity contribution in [1.82, 2.24) is 10.0 Å². The normalized spacial score (nSPS) is 13.4. The minimum atomic E-state index is -3.13. The van der Waals surface area contributed by atoms with E-state index in [2.05, 4.69) is 10.0 Å². The van der Waals surface area contributed by atoms with Gasteiger partial charge in [0.25, 0.3) is 0 Å². The van der Waals surface area contributed by atoms with Gasteiger partial charge in [-0.25, -0.2) is 13.1 Å². The van der Waals surface area contributed by atoms with Crippen LogP contribution in [-0.2, 0) is 10.0 Å². The monoisotopic (exact) mass is 348 g/mol. The van der Waals surface area contributed by atoms with Gasteiger partial charge in [0.15, 0.2) is 0 Å². The third-order valence-electron chi connectivity index (χ3n) is 2.77. The third-order valence-corrected chi connectivity index (χ3v) is 4.80. The molecule has 2 aromatic rings. The molecule has 2 aromatic heterocycles. The van der Waals surface area contributed by atoms with Crippen molar-refractivity contribution in [2.24, 2.45) is 0 Å². The number of hydrogen-bond acceptors (Lipinski definition) is 5. The zero-order valence-electron chi connectivity index (χ0n) is 11.5. The molecule has 0 aliphatic heterocycles. The van der Waals surface area contributed by atoms with E-state index in [0.29, 0.717) is 19.5 Å². The van der Waals surface area contributed by atoms with E-state index in [1.165, 1.54) is 11.3 Å². The number of thiophene rings is 1. The maximum Gasteiger partial charge on any atom is 0.208 e. The summed E-state index contributed by atoms with van der Waals surface area (Å²) in [6.45, 7) is 1.06. The van der Waals surface area contributed by atoms with Crippen LogP contribution in [0.4, 0.5) is 0 Å². The summed E-state index contributed by atoms with van der Waals surface area (Å²) in [5.74, 6) is 0.810. The summed E-state index contributed by atoms with van der Waals surface area (Å²) in [6.07, 6.45) is 3.47. The van der Waals surface area contributed by atoms with Crippen LogP contribution in [0.25, 0.3) is 0 Å².